The summed E-state index contributed by atoms with van der Waals surface area (Å²) in [4.78, 5) is 25.4. The van der Waals surface area contributed by atoms with E-state index in [0.717, 1.165) is 0 Å². The van der Waals surface area contributed by atoms with Gasteiger partial charge in [-0.1, -0.05) is 0 Å². The molecule has 0 aliphatic carbocycles. The van der Waals surface area contributed by atoms with E-state index in [1.807, 2.05) is 0 Å². The quantitative estimate of drug-likeness (QED) is 0.873. The maximum atomic E-state index is 12.7. The first-order valence-corrected chi connectivity index (χ1v) is 7.53. The maximum Gasteiger partial charge on any atom is 0.306 e. The first-order valence-electron chi connectivity index (χ1n) is 7.53. The van der Waals surface area contributed by atoms with Crippen molar-refractivity contribution in [3.8, 4) is 11.4 Å². The zero-order valence-corrected chi connectivity index (χ0v) is 13.1. The summed E-state index contributed by atoms with van der Waals surface area (Å²) in [5.41, 5.74) is 1.05. The van der Waals surface area contributed by atoms with Crippen LogP contribution in [0.3, 0.4) is 0 Å². The van der Waals surface area contributed by atoms with E-state index in [-0.39, 0.29) is 11.8 Å². The van der Waals surface area contributed by atoms with Crippen LogP contribution in [0.2, 0.25) is 0 Å². The molecule has 9 heteroatoms. The van der Waals surface area contributed by atoms with E-state index in [1.165, 1.54) is 18.1 Å². The highest BCUT2D eigenvalue weighted by Crippen LogP contribution is 2.25. The lowest BCUT2D eigenvalue weighted by Gasteiger charge is -2.30. The first-order chi connectivity index (χ1) is 11.6. The Bertz CT molecular complexity index is 738. The molecule has 3 rings (SSSR count). The molecular formula is C15H17N5O4. The molecule has 1 aromatic carbocycles. The lowest BCUT2D eigenvalue weighted by molar-refractivity contribution is -0.143. The number of methoxy groups -OCH3 is 1. The molecule has 1 saturated heterocycles. The average Bonchev–Trinajstić information content (AvgIpc) is 3.15. The van der Waals surface area contributed by atoms with Crippen LogP contribution in [0.4, 0.5) is 0 Å². The van der Waals surface area contributed by atoms with Gasteiger partial charge in [0.2, 0.25) is 0 Å². The molecule has 0 spiro atoms. The molecule has 1 amide bonds. The SMILES string of the molecule is COc1ccc(C(=O)N2CCC(C(=O)O)CC2)cc1-n1cnnn1. The highest BCUT2D eigenvalue weighted by atomic mass is 16.5. The van der Waals surface area contributed by atoms with Crippen molar-refractivity contribution in [2.45, 2.75) is 12.8 Å². The van der Waals surface area contributed by atoms with Crippen LogP contribution in [0.15, 0.2) is 24.5 Å². The number of aromatic nitrogens is 4. The third-order valence-corrected chi connectivity index (χ3v) is 4.15. The van der Waals surface area contributed by atoms with Gasteiger partial charge in [0.15, 0.2) is 0 Å². The Kier molecular flexibility index (Phi) is 4.41. The van der Waals surface area contributed by atoms with Gasteiger partial charge in [-0.3, -0.25) is 9.59 Å². The number of ether oxygens (including phenoxy) is 1. The van der Waals surface area contributed by atoms with Gasteiger partial charge in [0, 0.05) is 18.7 Å². The fraction of sp³-hybridized carbons (Fsp3) is 0.400. The Hall–Kier alpha value is -2.97. The summed E-state index contributed by atoms with van der Waals surface area (Å²) in [5, 5.41) is 20.0. The molecule has 1 aliphatic heterocycles. The van der Waals surface area contributed by atoms with Crippen LogP contribution in [0, 0.1) is 5.92 Å². The first kappa shape index (κ1) is 15.9. The van der Waals surface area contributed by atoms with Gasteiger partial charge < -0.3 is 14.7 Å². The molecule has 0 radical (unpaired) electrons. The standard InChI is InChI=1S/C15H17N5O4/c1-24-13-3-2-11(8-12(13)20-9-16-17-18-20)14(21)19-6-4-10(5-7-19)15(22)23/h2-3,8-10H,4-7H2,1H3,(H,22,23). The molecule has 2 heterocycles. The van der Waals surface area contributed by atoms with Crippen molar-refractivity contribution in [1.82, 2.24) is 25.1 Å². The second-order valence-corrected chi connectivity index (χ2v) is 5.55. The van der Waals surface area contributed by atoms with E-state index in [1.54, 1.807) is 23.1 Å². The molecule has 2 aromatic rings. The van der Waals surface area contributed by atoms with Gasteiger partial charge in [-0.15, -0.1) is 5.10 Å². The second-order valence-electron chi connectivity index (χ2n) is 5.55. The lowest BCUT2D eigenvalue weighted by Crippen LogP contribution is -2.40. The summed E-state index contributed by atoms with van der Waals surface area (Å²) in [6.07, 6.45) is 2.36. The predicted molar refractivity (Wildman–Crippen MR) is 82.0 cm³/mol. The number of nitrogens with zero attached hydrogens (tertiary/aromatic N) is 5. The van der Waals surface area contributed by atoms with Crippen LogP contribution >= 0.6 is 0 Å². The Morgan fingerprint density at radius 2 is 2.04 bits per heavy atom. The van der Waals surface area contributed by atoms with Crippen LogP contribution in [0.5, 0.6) is 5.75 Å². The summed E-state index contributed by atoms with van der Waals surface area (Å²) < 4.78 is 6.71. The summed E-state index contributed by atoms with van der Waals surface area (Å²) in [7, 11) is 1.53. The van der Waals surface area contributed by atoms with E-state index in [9.17, 15) is 9.59 Å². The highest BCUT2D eigenvalue weighted by Gasteiger charge is 2.27. The molecule has 0 saturated carbocycles. The van der Waals surface area contributed by atoms with E-state index in [0.29, 0.717) is 42.9 Å². The molecule has 1 N–H and O–H groups in total. The number of aliphatic carboxylic acids is 1. The number of tetrazole rings is 1. The van der Waals surface area contributed by atoms with Gasteiger partial charge in [0.25, 0.3) is 5.91 Å². The Morgan fingerprint density at radius 1 is 1.29 bits per heavy atom. The summed E-state index contributed by atoms with van der Waals surface area (Å²) in [6, 6.07) is 5.04. The number of piperidine rings is 1. The number of carbonyl (C=O) groups is 2. The summed E-state index contributed by atoms with van der Waals surface area (Å²) in [5.74, 6) is -0.770. The molecule has 0 unspecified atom stereocenters. The van der Waals surface area contributed by atoms with Crippen molar-refractivity contribution in [3.05, 3.63) is 30.1 Å². The Labute approximate surface area is 137 Å². The van der Waals surface area contributed by atoms with Gasteiger partial charge in [-0.2, -0.15) is 4.68 Å². The van der Waals surface area contributed by atoms with Crippen molar-refractivity contribution in [2.24, 2.45) is 5.92 Å². The summed E-state index contributed by atoms with van der Waals surface area (Å²) in [6.45, 7) is 0.865. The summed E-state index contributed by atoms with van der Waals surface area (Å²) >= 11 is 0. The molecule has 0 bridgehead atoms. The van der Waals surface area contributed by atoms with Gasteiger partial charge >= 0.3 is 5.97 Å². The number of benzene rings is 1. The van der Waals surface area contributed by atoms with Crippen molar-refractivity contribution >= 4 is 11.9 Å². The normalized spacial score (nSPS) is 15.3. The fourth-order valence-corrected chi connectivity index (χ4v) is 2.79. The van der Waals surface area contributed by atoms with Gasteiger partial charge in [0.05, 0.1) is 13.0 Å². The molecule has 24 heavy (non-hydrogen) atoms. The Balaban J connectivity index is 1.81. The van der Waals surface area contributed by atoms with Crippen molar-refractivity contribution in [3.63, 3.8) is 0 Å². The number of carboxylic acids is 1. The maximum absolute atomic E-state index is 12.7. The van der Waals surface area contributed by atoms with E-state index >= 15 is 0 Å². The zero-order chi connectivity index (χ0) is 17.1. The van der Waals surface area contributed by atoms with Gasteiger partial charge in [0.1, 0.15) is 17.8 Å². The van der Waals surface area contributed by atoms with Gasteiger partial charge in [-0.05, 0) is 41.5 Å². The fourth-order valence-electron chi connectivity index (χ4n) is 2.79. The molecule has 1 aliphatic rings. The van der Waals surface area contributed by atoms with E-state index in [2.05, 4.69) is 15.5 Å². The van der Waals surface area contributed by atoms with Crippen LogP contribution in [-0.4, -0.2) is 62.3 Å². The predicted octanol–water partition coefficient (Wildman–Crippen LogP) is 0.608. The minimum absolute atomic E-state index is 0.143. The number of carboxylic acid groups (broad SMARTS) is 1. The largest absolute Gasteiger partial charge is 0.494 e. The number of hydrogen-bond donors (Lipinski definition) is 1. The monoisotopic (exact) mass is 331 g/mol. The van der Waals surface area contributed by atoms with Crippen LogP contribution in [0.25, 0.3) is 5.69 Å². The average molecular weight is 331 g/mol. The van der Waals surface area contributed by atoms with Crippen molar-refractivity contribution in [1.29, 1.82) is 0 Å². The van der Waals surface area contributed by atoms with Gasteiger partial charge in [-0.25, -0.2) is 0 Å². The number of carbonyl (C=O) groups excluding carboxylic acids is 1. The molecule has 9 nitrogen and oxygen atoms in total. The minimum Gasteiger partial charge on any atom is -0.494 e. The minimum atomic E-state index is -0.799. The number of amides is 1. The molecule has 1 aromatic heterocycles. The second kappa shape index (κ2) is 6.65. The third-order valence-electron chi connectivity index (χ3n) is 4.15. The Morgan fingerprint density at radius 3 is 2.62 bits per heavy atom. The number of hydrogen-bond acceptors (Lipinski definition) is 6. The smallest absolute Gasteiger partial charge is 0.306 e. The van der Waals surface area contributed by atoms with E-state index in [4.69, 9.17) is 9.84 Å². The molecule has 1 fully saturated rings. The molecular weight excluding hydrogens is 314 g/mol. The zero-order valence-electron chi connectivity index (χ0n) is 13.1. The molecule has 126 valence electrons. The van der Waals surface area contributed by atoms with Crippen LogP contribution < -0.4 is 4.74 Å². The van der Waals surface area contributed by atoms with Crippen molar-refractivity contribution in [2.75, 3.05) is 20.2 Å². The third kappa shape index (κ3) is 3.05. The topological polar surface area (TPSA) is 110 Å². The van der Waals surface area contributed by atoms with E-state index < -0.39 is 5.97 Å². The number of rotatable bonds is 4. The van der Waals surface area contributed by atoms with Crippen molar-refractivity contribution < 1.29 is 19.4 Å². The highest BCUT2D eigenvalue weighted by molar-refractivity contribution is 5.95. The lowest BCUT2D eigenvalue weighted by atomic mass is 9.96. The number of likely N-dealkylation sites (tertiary alicyclic amines) is 1. The van der Waals surface area contributed by atoms with Crippen LogP contribution in [0.1, 0.15) is 23.2 Å². The molecule has 0 atom stereocenters. The van der Waals surface area contributed by atoms with Crippen LogP contribution in [-0.2, 0) is 4.79 Å².